The van der Waals surface area contributed by atoms with Gasteiger partial charge in [0, 0.05) is 18.7 Å². The molecule has 1 unspecified atom stereocenters. The number of hydrogen-bond acceptors (Lipinski definition) is 3. The van der Waals surface area contributed by atoms with Crippen molar-refractivity contribution in [2.24, 2.45) is 5.92 Å². The lowest BCUT2D eigenvalue weighted by Gasteiger charge is -2.14. The van der Waals surface area contributed by atoms with Crippen molar-refractivity contribution in [3.8, 4) is 0 Å². The first-order chi connectivity index (χ1) is 6.99. The summed E-state index contributed by atoms with van der Waals surface area (Å²) in [5.74, 6) is -0.657. The molecule has 0 aliphatic heterocycles. The minimum Gasteiger partial charge on any atom is -0.478 e. The molecule has 88 valence electrons. The van der Waals surface area contributed by atoms with E-state index in [1.807, 2.05) is 20.8 Å². The van der Waals surface area contributed by atoms with Crippen molar-refractivity contribution in [3.05, 3.63) is 11.6 Å². The maximum absolute atomic E-state index is 10.6. The number of carboxylic acids is 1. The minimum atomic E-state index is -0.872. The summed E-state index contributed by atoms with van der Waals surface area (Å²) >= 11 is 0. The summed E-state index contributed by atoms with van der Waals surface area (Å²) in [6.45, 7) is 6.67. The Balaban J connectivity index is 3.82. The normalized spacial score (nSPS) is 14.3. The highest BCUT2D eigenvalue weighted by atomic mass is 16.4. The zero-order valence-corrected chi connectivity index (χ0v) is 9.66. The van der Waals surface area contributed by atoms with Gasteiger partial charge in [0.25, 0.3) is 0 Å². The van der Waals surface area contributed by atoms with Crippen LogP contribution in [-0.4, -0.2) is 35.4 Å². The van der Waals surface area contributed by atoms with E-state index in [0.29, 0.717) is 25.1 Å². The molecular formula is C11H21NO3. The predicted octanol–water partition coefficient (Wildman–Crippen LogP) is 1.01. The first-order valence-corrected chi connectivity index (χ1v) is 5.30. The van der Waals surface area contributed by atoms with Gasteiger partial charge in [0.15, 0.2) is 0 Å². The fraction of sp³-hybridized carbons (Fsp3) is 0.727. The average molecular weight is 215 g/mol. The monoisotopic (exact) mass is 215 g/mol. The number of aliphatic hydroxyl groups excluding tert-OH is 1. The summed E-state index contributed by atoms with van der Waals surface area (Å²) in [6, 6.07) is 0. The molecule has 4 heteroatoms. The zero-order chi connectivity index (χ0) is 11.8. The molecule has 4 nitrogen and oxygen atoms in total. The topological polar surface area (TPSA) is 69.6 Å². The molecule has 0 aromatic heterocycles. The lowest BCUT2D eigenvalue weighted by molar-refractivity contribution is -0.132. The van der Waals surface area contributed by atoms with Gasteiger partial charge in [0.05, 0.1) is 6.10 Å². The van der Waals surface area contributed by atoms with Crippen LogP contribution in [0.1, 0.15) is 27.2 Å². The van der Waals surface area contributed by atoms with Gasteiger partial charge in [0.2, 0.25) is 0 Å². The van der Waals surface area contributed by atoms with Crippen molar-refractivity contribution in [1.82, 2.24) is 5.32 Å². The second-order valence-electron chi connectivity index (χ2n) is 3.86. The van der Waals surface area contributed by atoms with Gasteiger partial charge in [-0.05, 0) is 12.3 Å². The SMILES string of the molecule is CCC(=CCNCC(O)C(C)C)C(=O)O. The Morgan fingerprint density at radius 1 is 1.47 bits per heavy atom. The molecule has 0 aromatic rings. The number of carbonyl (C=O) groups is 1. The molecule has 0 radical (unpaired) electrons. The third-order valence-electron chi connectivity index (χ3n) is 2.27. The van der Waals surface area contributed by atoms with Crippen molar-refractivity contribution in [3.63, 3.8) is 0 Å². The van der Waals surface area contributed by atoms with Gasteiger partial charge >= 0.3 is 5.97 Å². The Bertz CT molecular complexity index is 224. The van der Waals surface area contributed by atoms with E-state index >= 15 is 0 Å². The Morgan fingerprint density at radius 3 is 2.47 bits per heavy atom. The maximum Gasteiger partial charge on any atom is 0.331 e. The summed E-state index contributed by atoms with van der Waals surface area (Å²) in [5.41, 5.74) is 0.404. The summed E-state index contributed by atoms with van der Waals surface area (Å²) in [5, 5.41) is 21.2. The van der Waals surface area contributed by atoms with Crippen molar-refractivity contribution >= 4 is 5.97 Å². The molecule has 0 heterocycles. The summed E-state index contributed by atoms with van der Waals surface area (Å²) in [4.78, 5) is 10.6. The zero-order valence-electron chi connectivity index (χ0n) is 9.66. The molecule has 0 saturated heterocycles. The molecule has 0 aliphatic rings. The Labute approximate surface area is 91.0 Å². The quantitative estimate of drug-likeness (QED) is 0.438. The smallest absolute Gasteiger partial charge is 0.331 e. The fourth-order valence-corrected chi connectivity index (χ4v) is 1.05. The summed E-state index contributed by atoms with van der Waals surface area (Å²) in [6.07, 6.45) is 1.78. The van der Waals surface area contributed by atoms with E-state index in [9.17, 15) is 9.90 Å². The van der Waals surface area contributed by atoms with Gasteiger partial charge in [0.1, 0.15) is 0 Å². The lowest BCUT2D eigenvalue weighted by Crippen LogP contribution is -2.30. The molecule has 0 aliphatic carbocycles. The first-order valence-electron chi connectivity index (χ1n) is 5.30. The van der Waals surface area contributed by atoms with Crippen LogP contribution in [0.5, 0.6) is 0 Å². The second-order valence-corrected chi connectivity index (χ2v) is 3.86. The molecule has 3 N–H and O–H groups in total. The molecular weight excluding hydrogens is 194 g/mol. The fourth-order valence-electron chi connectivity index (χ4n) is 1.05. The van der Waals surface area contributed by atoms with Crippen LogP contribution >= 0.6 is 0 Å². The van der Waals surface area contributed by atoms with Gasteiger partial charge in [-0.2, -0.15) is 0 Å². The molecule has 15 heavy (non-hydrogen) atoms. The van der Waals surface area contributed by atoms with Gasteiger partial charge in [-0.15, -0.1) is 0 Å². The van der Waals surface area contributed by atoms with Crippen LogP contribution < -0.4 is 5.32 Å². The van der Waals surface area contributed by atoms with E-state index < -0.39 is 5.97 Å². The Kier molecular flexibility index (Phi) is 6.99. The third kappa shape index (κ3) is 6.25. The predicted molar refractivity (Wildman–Crippen MR) is 59.7 cm³/mol. The largest absolute Gasteiger partial charge is 0.478 e. The van der Waals surface area contributed by atoms with Crippen LogP contribution in [0.25, 0.3) is 0 Å². The van der Waals surface area contributed by atoms with E-state index in [-0.39, 0.29) is 12.0 Å². The van der Waals surface area contributed by atoms with Crippen LogP contribution in [0.4, 0.5) is 0 Å². The van der Waals surface area contributed by atoms with Crippen molar-refractivity contribution in [2.45, 2.75) is 33.3 Å². The van der Waals surface area contributed by atoms with E-state index in [4.69, 9.17) is 5.11 Å². The number of aliphatic hydroxyl groups is 1. The molecule has 0 aromatic carbocycles. The van der Waals surface area contributed by atoms with Gasteiger partial charge < -0.3 is 15.5 Å². The number of aliphatic carboxylic acids is 1. The van der Waals surface area contributed by atoms with Crippen molar-refractivity contribution in [2.75, 3.05) is 13.1 Å². The van der Waals surface area contributed by atoms with Crippen LogP contribution in [0.3, 0.4) is 0 Å². The maximum atomic E-state index is 10.6. The van der Waals surface area contributed by atoms with Gasteiger partial charge in [-0.3, -0.25) is 0 Å². The molecule has 0 amide bonds. The number of hydrogen-bond donors (Lipinski definition) is 3. The highest BCUT2D eigenvalue weighted by molar-refractivity contribution is 5.86. The molecule has 0 rings (SSSR count). The van der Waals surface area contributed by atoms with E-state index in [0.717, 1.165) is 0 Å². The molecule has 0 fully saturated rings. The van der Waals surface area contributed by atoms with Gasteiger partial charge in [-0.25, -0.2) is 4.79 Å². The molecule has 0 spiro atoms. The van der Waals surface area contributed by atoms with Crippen LogP contribution in [-0.2, 0) is 4.79 Å². The van der Waals surface area contributed by atoms with Crippen LogP contribution in [0, 0.1) is 5.92 Å². The van der Waals surface area contributed by atoms with Crippen molar-refractivity contribution in [1.29, 1.82) is 0 Å². The standard InChI is InChI=1S/C11H21NO3/c1-4-9(11(14)15)5-6-12-7-10(13)8(2)3/h5,8,10,12-13H,4,6-7H2,1-3H3,(H,14,15). The summed E-state index contributed by atoms with van der Waals surface area (Å²) < 4.78 is 0. The molecule has 1 atom stereocenters. The van der Waals surface area contributed by atoms with Crippen LogP contribution in [0.15, 0.2) is 11.6 Å². The second kappa shape index (κ2) is 7.43. The van der Waals surface area contributed by atoms with E-state index in [1.165, 1.54) is 0 Å². The molecule has 0 bridgehead atoms. The Morgan fingerprint density at radius 2 is 2.07 bits per heavy atom. The number of carboxylic acid groups (broad SMARTS) is 1. The van der Waals surface area contributed by atoms with Crippen LogP contribution in [0.2, 0.25) is 0 Å². The highest BCUT2D eigenvalue weighted by Crippen LogP contribution is 2.00. The summed E-state index contributed by atoms with van der Waals surface area (Å²) in [7, 11) is 0. The lowest BCUT2D eigenvalue weighted by atomic mass is 10.1. The van der Waals surface area contributed by atoms with E-state index in [1.54, 1.807) is 6.08 Å². The Hall–Kier alpha value is -0.870. The molecule has 0 saturated carbocycles. The number of nitrogens with one attached hydrogen (secondary N) is 1. The third-order valence-corrected chi connectivity index (χ3v) is 2.27. The van der Waals surface area contributed by atoms with Crippen molar-refractivity contribution < 1.29 is 15.0 Å². The first kappa shape index (κ1) is 14.1. The van der Waals surface area contributed by atoms with Gasteiger partial charge in [-0.1, -0.05) is 26.8 Å². The van der Waals surface area contributed by atoms with E-state index in [2.05, 4.69) is 5.32 Å². The minimum absolute atomic E-state index is 0.214. The highest BCUT2D eigenvalue weighted by Gasteiger charge is 2.07. The average Bonchev–Trinajstić information content (AvgIpc) is 2.16. The number of rotatable bonds is 7.